The number of thioether (sulfide) groups is 1. The zero-order valence-electron chi connectivity index (χ0n) is 17.0. The fourth-order valence-electron chi connectivity index (χ4n) is 3.93. The lowest BCUT2D eigenvalue weighted by Crippen LogP contribution is -2.31. The van der Waals surface area contributed by atoms with Crippen LogP contribution in [0.25, 0.3) is 0 Å². The van der Waals surface area contributed by atoms with Crippen LogP contribution in [0.2, 0.25) is 10.0 Å². The molecule has 0 saturated carbocycles. The summed E-state index contributed by atoms with van der Waals surface area (Å²) in [5, 5.41) is 17.8. The van der Waals surface area contributed by atoms with E-state index in [9.17, 15) is 14.9 Å². The van der Waals surface area contributed by atoms with Gasteiger partial charge in [0.25, 0.3) is 0 Å². The number of amides is 1. The van der Waals surface area contributed by atoms with Crippen LogP contribution in [0.1, 0.15) is 30.7 Å². The molecule has 2 N–H and O–H groups in total. The van der Waals surface area contributed by atoms with Gasteiger partial charge in [0.05, 0.1) is 28.3 Å². The Labute approximate surface area is 200 Å². The summed E-state index contributed by atoms with van der Waals surface area (Å²) < 4.78 is 0. The number of allylic oxidation sites excluding steroid dienone is 3. The molecule has 5 nitrogen and oxygen atoms in total. The fourth-order valence-corrected chi connectivity index (χ4v) is 5.11. The summed E-state index contributed by atoms with van der Waals surface area (Å²) in [6.45, 7) is 0. The van der Waals surface area contributed by atoms with Crippen LogP contribution >= 0.6 is 35.0 Å². The number of nitriles is 1. The second-order valence-corrected chi connectivity index (χ2v) is 9.34. The highest BCUT2D eigenvalue weighted by molar-refractivity contribution is 8.03. The molecule has 2 aromatic carbocycles. The highest BCUT2D eigenvalue weighted by Crippen LogP contribution is 2.44. The van der Waals surface area contributed by atoms with Gasteiger partial charge in [0.1, 0.15) is 0 Å². The van der Waals surface area contributed by atoms with E-state index in [0.29, 0.717) is 38.3 Å². The van der Waals surface area contributed by atoms with Crippen molar-refractivity contribution in [1.82, 2.24) is 5.32 Å². The van der Waals surface area contributed by atoms with E-state index >= 15 is 0 Å². The van der Waals surface area contributed by atoms with Gasteiger partial charge in [0, 0.05) is 33.4 Å². The van der Waals surface area contributed by atoms with Crippen LogP contribution in [0.3, 0.4) is 0 Å². The van der Waals surface area contributed by atoms with E-state index in [4.69, 9.17) is 23.2 Å². The molecule has 0 bridgehead atoms. The lowest BCUT2D eigenvalue weighted by molar-refractivity contribution is -0.116. The van der Waals surface area contributed by atoms with Crippen molar-refractivity contribution in [1.29, 1.82) is 5.26 Å². The molecule has 1 heterocycles. The molecule has 0 aromatic heterocycles. The predicted molar refractivity (Wildman–Crippen MR) is 128 cm³/mol. The van der Waals surface area contributed by atoms with Gasteiger partial charge < -0.3 is 10.6 Å². The summed E-state index contributed by atoms with van der Waals surface area (Å²) >= 11 is 13.3. The molecule has 0 unspecified atom stereocenters. The lowest BCUT2D eigenvalue weighted by Gasteiger charge is -2.33. The van der Waals surface area contributed by atoms with Crippen molar-refractivity contribution >= 4 is 52.3 Å². The number of nitrogens with zero attached hydrogens (tertiary/aromatic N) is 1. The molecule has 0 spiro atoms. The molecule has 1 aliphatic heterocycles. The number of carbonyl (C=O) groups is 2. The number of dihydropyridines is 1. The first-order chi connectivity index (χ1) is 15.5. The third-order valence-electron chi connectivity index (χ3n) is 5.32. The molecule has 1 atom stereocenters. The third-order valence-corrected chi connectivity index (χ3v) is 6.83. The summed E-state index contributed by atoms with van der Waals surface area (Å²) in [6, 6.07) is 16.4. The van der Waals surface area contributed by atoms with Gasteiger partial charge in [0.2, 0.25) is 5.91 Å². The maximum Gasteiger partial charge on any atom is 0.234 e. The number of hydrogen-bond donors (Lipinski definition) is 2. The maximum absolute atomic E-state index is 12.8. The molecule has 1 amide bonds. The van der Waals surface area contributed by atoms with Gasteiger partial charge in [-0.3, -0.25) is 9.59 Å². The maximum atomic E-state index is 12.8. The van der Waals surface area contributed by atoms with Gasteiger partial charge in [-0.25, -0.2) is 0 Å². The average Bonchev–Trinajstić information content (AvgIpc) is 2.77. The molecule has 2 aromatic rings. The zero-order valence-corrected chi connectivity index (χ0v) is 19.3. The molecule has 0 fully saturated rings. The van der Waals surface area contributed by atoms with Crippen molar-refractivity contribution in [2.45, 2.75) is 25.2 Å². The van der Waals surface area contributed by atoms with E-state index in [0.717, 1.165) is 24.1 Å². The number of halogens is 2. The third kappa shape index (κ3) is 4.86. The van der Waals surface area contributed by atoms with Crippen molar-refractivity contribution in [3.63, 3.8) is 0 Å². The monoisotopic (exact) mass is 483 g/mol. The second kappa shape index (κ2) is 9.83. The highest BCUT2D eigenvalue weighted by Gasteiger charge is 2.37. The van der Waals surface area contributed by atoms with Gasteiger partial charge in [-0.1, -0.05) is 53.2 Å². The van der Waals surface area contributed by atoms with E-state index in [1.807, 2.05) is 12.1 Å². The molecule has 32 heavy (non-hydrogen) atoms. The van der Waals surface area contributed by atoms with E-state index in [2.05, 4.69) is 16.7 Å². The summed E-state index contributed by atoms with van der Waals surface area (Å²) in [4.78, 5) is 25.3. The number of hydrogen-bond acceptors (Lipinski definition) is 5. The predicted octanol–water partition coefficient (Wildman–Crippen LogP) is 5.79. The van der Waals surface area contributed by atoms with Crippen LogP contribution in [0, 0.1) is 11.3 Å². The molecule has 0 saturated heterocycles. The molecular weight excluding hydrogens is 465 g/mol. The number of anilines is 1. The molecule has 1 aliphatic carbocycles. The average molecular weight is 484 g/mol. The largest absolute Gasteiger partial charge is 0.352 e. The first kappa shape index (κ1) is 22.5. The van der Waals surface area contributed by atoms with Gasteiger partial charge in [0.15, 0.2) is 5.78 Å². The van der Waals surface area contributed by atoms with Crippen molar-refractivity contribution in [3.8, 4) is 6.07 Å². The van der Waals surface area contributed by atoms with Crippen LogP contribution in [0.5, 0.6) is 0 Å². The van der Waals surface area contributed by atoms with Gasteiger partial charge >= 0.3 is 0 Å². The van der Waals surface area contributed by atoms with Crippen LogP contribution in [0.15, 0.2) is 70.4 Å². The first-order valence-electron chi connectivity index (χ1n) is 10.1. The SMILES string of the molecule is N#CC1=C(SCC(=O)Nc2cccc(Cl)c2)NC2=C(C(=O)CCC2)[C@H]1c1ccc(Cl)cc1. The fraction of sp³-hybridized carbons (Fsp3) is 0.208. The smallest absolute Gasteiger partial charge is 0.234 e. The summed E-state index contributed by atoms with van der Waals surface area (Å²) in [5.74, 6) is -0.537. The summed E-state index contributed by atoms with van der Waals surface area (Å²) in [7, 11) is 0. The van der Waals surface area contributed by atoms with Crippen molar-refractivity contribution < 1.29 is 9.59 Å². The number of nitrogens with one attached hydrogen (secondary N) is 2. The minimum Gasteiger partial charge on any atom is -0.352 e. The van der Waals surface area contributed by atoms with Crippen LogP contribution in [0.4, 0.5) is 5.69 Å². The van der Waals surface area contributed by atoms with E-state index in [1.165, 1.54) is 11.8 Å². The van der Waals surface area contributed by atoms with Crippen molar-refractivity contribution in [2.24, 2.45) is 0 Å². The first-order valence-corrected chi connectivity index (χ1v) is 11.8. The van der Waals surface area contributed by atoms with Gasteiger partial charge in [-0.2, -0.15) is 5.26 Å². The van der Waals surface area contributed by atoms with E-state index < -0.39 is 5.92 Å². The number of ketones is 1. The standard InChI is InChI=1S/C24H19Cl2N3O2S/c25-15-9-7-14(8-10-15)22-18(12-27)24(29-19-5-2-6-20(30)23(19)22)32-13-21(31)28-17-4-1-3-16(26)11-17/h1,3-4,7-11,22,29H,2,5-6,13H2,(H,28,31)/t22-/m0/s1. The Morgan fingerprint density at radius 3 is 2.66 bits per heavy atom. The van der Waals surface area contributed by atoms with E-state index in [1.54, 1.807) is 36.4 Å². The molecule has 8 heteroatoms. The summed E-state index contributed by atoms with van der Waals surface area (Å²) in [6.07, 6.45) is 1.95. The van der Waals surface area contributed by atoms with Crippen molar-refractivity contribution in [3.05, 3.63) is 86.0 Å². The Bertz CT molecular complexity index is 1180. The number of rotatable bonds is 5. The lowest BCUT2D eigenvalue weighted by atomic mass is 9.77. The van der Waals surface area contributed by atoms with Gasteiger partial charge in [-0.05, 0) is 48.7 Å². The van der Waals surface area contributed by atoms with Crippen LogP contribution in [-0.4, -0.2) is 17.4 Å². The molecule has 0 radical (unpaired) electrons. The van der Waals surface area contributed by atoms with Crippen LogP contribution < -0.4 is 10.6 Å². The van der Waals surface area contributed by atoms with Crippen LogP contribution in [-0.2, 0) is 9.59 Å². The van der Waals surface area contributed by atoms with Gasteiger partial charge in [-0.15, -0.1) is 0 Å². The molecular formula is C24H19Cl2N3O2S. The Balaban J connectivity index is 1.61. The van der Waals surface area contributed by atoms with Crippen molar-refractivity contribution in [2.75, 3.05) is 11.1 Å². The number of Topliss-reactive ketones (excluding diaryl/α,β-unsaturated/α-hetero) is 1. The highest BCUT2D eigenvalue weighted by atomic mass is 35.5. The Morgan fingerprint density at radius 2 is 1.94 bits per heavy atom. The Morgan fingerprint density at radius 1 is 1.16 bits per heavy atom. The normalized spacial score (nSPS) is 18.0. The quantitative estimate of drug-likeness (QED) is 0.561. The molecule has 4 rings (SSSR count). The Kier molecular flexibility index (Phi) is 6.90. The minimum atomic E-state index is -0.472. The second-order valence-electron chi connectivity index (χ2n) is 7.48. The molecule has 2 aliphatic rings. The number of carbonyl (C=O) groups excluding carboxylic acids is 2. The number of benzene rings is 2. The summed E-state index contributed by atoms with van der Waals surface area (Å²) in [5.41, 5.74) is 3.34. The van der Waals surface area contributed by atoms with E-state index in [-0.39, 0.29) is 17.4 Å². The topological polar surface area (TPSA) is 82.0 Å². The molecule has 162 valence electrons. The zero-order chi connectivity index (χ0) is 22.7. The Hall–Kier alpha value is -2.72. The minimum absolute atomic E-state index is 0.0502.